The van der Waals surface area contributed by atoms with Crippen molar-refractivity contribution in [3.8, 4) is 0 Å². The Morgan fingerprint density at radius 1 is 0.966 bits per heavy atom. The van der Waals surface area contributed by atoms with Crippen molar-refractivity contribution >= 4 is 23.4 Å². The van der Waals surface area contributed by atoms with Gasteiger partial charge < -0.3 is 19.9 Å². The maximum absolute atomic E-state index is 12.6. The first kappa shape index (κ1) is 20.7. The van der Waals surface area contributed by atoms with Crippen molar-refractivity contribution in [1.29, 1.82) is 0 Å². The molecule has 0 spiro atoms. The molecule has 0 saturated carbocycles. The molecule has 0 unspecified atom stereocenters. The molecule has 2 amide bonds. The number of carbonyl (C=O) groups excluding carboxylic acids is 2. The Hall–Kier alpha value is -3.02. The van der Waals surface area contributed by atoms with Crippen molar-refractivity contribution in [2.24, 2.45) is 0 Å². The van der Waals surface area contributed by atoms with Crippen LogP contribution in [-0.4, -0.2) is 49.7 Å². The van der Waals surface area contributed by atoms with Crippen LogP contribution in [0.15, 0.2) is 48.5 Å². The molecule has 29 heavy (non-hydrogen) atoms. The topological polar surface area (TPSA) is 61.9 Å². The third kappa shape index (κ3) is 5.28. The van der Waals surface area contributed by atoms with Crippen LogP contribution in [0.5, 0.6) is 0 Å². The van der Waals surface area contributed by atoms with Crippen molar-refractivity contribution in [3.63, 3.8) is 0 Å². The summed E-state index contributed by atoms with van der Waals surface area (Å²) in [5.41, 5.74) is 3.67. The summed E-state index contributed by atoms with van der Waals surface area (Å²) >= 11 is 0. The Bertz CT molecular complexity index is 823. The molecule has 2 aromatic rings. The number of benzene rings is 2. The number of hydrogen-bond donors (Lipinski definition) is 1. The van der Waals surface area contributed by atoms with Gasteiger partial charge in [0.25, 0.3) is 0 Å². The molecule has 1 saturated heterocycles. The van der Waals surface area contributed by atoms with E-state index in [1.54, 1.807) is 19.1 Å². The molecule has 1 aliphatic rings. The second-order valence-electron chi connectivity index (χ2n) is 7.45. The predicted molar refractivity (Wildman–Crippen MR) is 116 cm³/mol. The van der Waals surface area contributed by atoms with Gasteiger partial charge >= 0.3 is 12.0 Å². The highest BCUT2D eigenvalue weighted by molar-refractivity contribution is 5.90. The first-order valence-electron chi connectivity index (χ1n) is 10.2. The van der Waals surface area contributed by atoms with Gasteiger partial charge in [-0.15, -0.1) is 0 Å². The van der Waals surface area contributed by atoms with Crippen LogP contribution < -0.4 is 10.2 Å². The van der Waals surface area contributed by atoms with Gasteiger partial charge in [-0.3, -0.25) is 0 Å². The number of nitrogens with one attached hydrogen (secondary N) is 1. The molecular formula is C23H29N3O3. The number of nitrogens with zero attached hydrogens (tertiary/aromatic N) is 2. The van der Waals surface area contributed by atoms with Crippen LogP contribution in [0.2, 0.25) is 0 Å². The van der Waals surface area contributed by atoms with Crippen LogP contribution in [0.4, 0.5) is 16.2 Å². The van der Waals surface area contributed by atoms with Crippen LogP contribution in [0, 0.1) is 0 Å². The number of hydrogen-bond acceptors (Lipinski definition) is 4. The lowest BCUT2D eigenvalue weighted by Gasteiger charge is -2.36. The van der Waals surface area contributed by atoms with E-state index in [-0.39, 0.29) is 12.0 Å². The average Bonchev–Trinajstić information content (AvgIpc) is 2.74. The Morgan fingerprint density at radius 2 is 1.59 bits per heavy atom. The molecule has 0 aromatic heterocycles. The molecule has 0 bridgehead atoms. The van der Waals surface area contributed by atoms with Gasteiger partial charge in [0.15, 0.2) is 0 Å². The molecule has 1 N–H and O–H groups in total. The van der Waals surface area contributed by atoms with Crippen molar-refractivity contribution < 1.29 is 14.3 Å². The highest BCUT2D eigenvalue weighted by Gasteiger charge is 2.21. The Labute approximate surface area is 172 Å². The van der Waals surface area contributed by atoms with Crippen molar-refractivity contribution in [2.45, 2.75) is 26.7 Å². The lowest BCUT2D eigenvalue weighted by molar-refractivity contribution is 0.0526. The van der Waals surface area contributed by atoms with Crippen LogP contribution in [0.1, 0.15) is 42.6 Å². The Kier molecular flexibility index (Phi) is 6.75. The van der Waals surface area contributed by atoms with Crippen LogP contribution in [0.25, 0.3) is 0 Å². The van der Waals surface area contributed by atoms with Gasteiger partial charge in [-0.25, -0.2) is 9.59 Å². The molecule has 1 aliphatic heterocycles. The lowest BCUT2D eigenvalue weighted by Crippen LogP contribution is -2.50. The van der Waals surface area contributed by atoms with Crippen LogP contribution in [-0.2, 0) is 4.74 Å². The molecule has 1 heterocycles. The summed E-state index contributed by atoms with van der Waals surface area (Å²) in [7, 11) is 0. The Balaban J connectivity index is 1.52. The smallest absolute Gasteiger partial charge is 0.338 e. The highest BCUT2D eigenvalue weighted by Crippen LogP contribution is 2.20. The van der Waals surface area contributed by atoms with E-state index in [0.29, 0.717) is 31.2 Å². The average molecular weight is 396 g/mol. The summed E-state index contributed by atoms with van der Waals surface area (Å²) in [6, 6.07) is 15.4. The van der Waals surface area contributed by atoms with E-state index in [9.17, 15) is 9.59 Å². The van der Waals surface area contributed by atoms with Crippen molar-refractivity contribution in [1.82, 2.24) is 4.90 Å². The molecular weight excluding hydrogens is 366 g/mol. The minimum atomic E-state index is -0.304. The van der Waals surface area contributed by atoms with Gasteiger partial charge in [-0.05, 0) is 54.8 Å². The maximum atomic E-state index is 12.6. The summed E-state index contributed by atoms with van der Waals surface area (Å²) in [5.74, 6) is 0.168. The molecule has 154 valence electrons. The van der Waals surface area contributed by atoms with Gasteiger partial charge in [0.2, 0.25) is 0 Å². The standard InChI is InChI=1S/C23H29N3O3/c1-4-29-22(27)19-7-11-21(12-8-19)25-13-15-26(16-14-25)23(28)24-20-9-5-18(6-10-20)17(2)3/h5-12,17H,4,13-16H2,1-3H3,(H,24,28). The molecule has 0 aliphatic carbocycles. The van der Waals surface area contributed by atoms with Crippen LogP contribution in [0.3, 0.4) is 0 Å². The van der Waals surface area contributed by atoms with E-state index in [1.165, 1.54) is 5.56 Å². The highest BCUT2D eigenvalue weighted by atomic mass is 16.5. The van der Waals surface area contributed by atoms with Crippen molar-refractivity contribution in [3.05, 3.63) is 59.7 Å². The van der Waals surface area contributed by atoms with Crippen LogP contribution >= 0.6 is 0 Å². The number of carbonyl (C=O) groups is 2. The van der Waals surface area contributed by atoms with E-state index >= 15 is 0 Å². The number of anilines is 2. The first-order valence-corrected chi connectivity index (χ1v) is 10.2. The molecule has 6 nitrogen and oxygen atoms in total. The third-order valence-corrected chi connectivity index (χ3v) is 5.14. The van der Waals surface area contributed by atoms with Gasteiger partial charge in [0, 0.05) is 37.6 Å². The largest absolute Gasteiger partial charge is 0.462 e. The molecule has 0 radical (unpaired) electrons. The van der Waals surface area contributed by atoms with Crippen molar-refractivity contribution in [2.75, 3.05) is 43.0 Å². The molecule has 2 aromatic carbocycles. The molecule has 0 atom stereocenters. The number of esters is 1. The number of ether oxygens (including phenoxy) is 1. The fraction of sp³-hybridized carbons (Fsp3) is 0.391. The number of amides is 2. The van der Waals surface area contributed by atoms with Gasteiger partial charge in [-0.2, -0.15) is 0 Å². The minimum absolute atomic E-state index is 0.0698. The summed E-state index contributed by atoms with van der Waals surface area (Å²) in [6.07, 6.45) is 0. The quantitative estimate of drug-likeness (QED) is 0.765. The number of rotatable bonds is 5. The number of urea groups is 1. The second-order valence-corrected chi connectivity index (χ2v) is 7.45. The van der Waals surface area contributed by atoms with Gasteiger partial charge in [0.05, 0.1) is 12.2 Å². The fourth-order valence-electron chi connectivity index (χ4n) is 3.34. The van der Waals surface area contributed by atoms with E-state index in [1.807, 2.05) is 29.2 Å². The van der Waals surface area contributed by atoms with E-state index in [0.717, 1.165) is 24.5 Å². The SMILES string of the molecule is CCOC(=O)c1ccc(N2CCN(C(=O)Nc3ccc(C(C)C)cc3)CC2)cc1. The number of piperazine rings is 1. The summed E-state index contributed by atoms with van der Waals surface area (Å²) in [5, 5.41) is 2.98. The lowest BCUT2D eigenvalue weighted by atomic mass is 10.0. The maximum Gasteiger partial charge on any atom is 0.338 e. The summed E-state index contributed by atoms with van der Waals surface area (Å²) in [6.45, 7) is 9.26. The molecule has 6 heteroatoms. The van der Waals surface area contributed by atoms with E-state index in [4.69, 9.17) is 4.74 Å². The fourth-order valence-corrected chi connectivity index (χ4v) is 3.34. The summed E-state index contributed by atoms with van der Waals surface area (Å²) in [4.78, 5) is 28.4. The zero-order valence-electron chi connectivity index (χ0n) is 17.4. The summed E-state index contributed by atoms with van der Waals surface area (Å²) < 4.78 is 5.02. The zero-order valence-corrected chi connectivity index (χ0v) is 17.4. The first-order chi connectivity index (χ1) is 14.0. The zero-order chi connectivity index (χ0) is 20.8. The van der Waals surface area contributed by atoms with Gasteiger partial charge in [-0.1, -0.05) is 26.0 Å². The third-order valence-electron chi connectivity index (χ3n) is 5.14. The Morgan fingerprint density at radius 3 is 2.14 bits per heavy atom. The monoisotopic (exact) mass is 395 g/mol. The van der Waals surface area contributed by atoms with E-state index in [2.05, 4.69) is 36.2 Å². The minimum Gasteiger partial charge on any atom is -0.462 e. The molecule has 3 rings (SSSR count). The van der Waals surface area contributed by atoms with E-state index < -0.39 is 0 Å². The van der Waals surface area contributed by atoms with Gasteiger partial charge in [0.1, 0.15) is 0 Å². The second kappa shape index (κ2) is 9.45. The molecule has 1 fully saturated rings. The predicted octanol–water partition coefficient (Wildman–Crippen LogP) is 4.34. The normalized spacial score (nSPS) is 14.1.